The van der Waals surface area contributed by atoms with Crippen LogP contribution in [-0.4, -0.2) is 52.8 Å². The van der Waals surface area contributed by atoms with Gasteiger partial charge in [0.25, 0.3) is 0 Å². The number of nitrogens with one attached hydrogen (secondary N) is 2. The Morgan fingerprint density at radius 3 is 2.36 bits per heavy atom. The summed E-state index contributed by atoms with van der Waals surface area (Å²) >= 11 is 1.67. The molecule has 0 bridgehead atoms. The zero-order chi connectivity index (χ0) is 31.1. The third kappa shape index (κ3) is 10.7. The third-order valence-electron chi connectivity index (χ3n) is 7.54. The van der Waals surface area contributed by atoms with Crippen molar-refractivity contribution in [3.63, 3.8) is 0 Å². The molecule has 1 heterocycles. The van der Waals surface area contributed by atoms with E-state index in [-0.39, 0.29) is 37.2 Å². The number of benzene rings is 3. The van der Waals surface area contributed by atoms with Crippen LogP contribution in [0.2, 0.25) is 0 Å². The topological polar surface area (TPSA) is 117 Å². The second-order valence-corrected chi connectivity index (χ2v) is 12.2. The molecule has 236 valence electrons. The average molecular weight is 621 g/mol. The van der Waals surface area contributed by atoms with Crippen LogP contribution in [0, 0.1) is 0 Å². The van der Waals surface area contributed by atoms with Gasteiger partial charge >= 0.3 is 0 Å². The number of amides is 2. The van der Waals surface area contributed by atoms with E-state index in [9.17, 15) is 19.8 Å². The van der Waals surface area contributed by atoms with E-state index in [2.05, 4.69) is 34.9 Å². The van der Waals surface area contributed by atoms with Gasteiger partial charge in [-0.1, -0.05) is 73.2 Å². The van der Waals surface area contributed by atoms with Gasteiger partial charge in [0.1, 0.15) is 0 Å². The van der Waals surface area contributed by atoms with Crippen molar-refractivity contribution in [1.29, 1.82) is 0 Å². The first-order chi connectivity index (χ1) is 21.4. The molecule has 9 heteroatoms. The predicted octanol–water partition coefficient (Wildman–Crippen LogP) is 5.43. The Labute approximate surface area is 264 Å². The number of carbonyl (C=O) groups excluding carboxylic acids is 2. The summed E-state index contributed by atoms with van der Waals surface area (Å²) in [5.41, 5.74) is 6.00. The molecule has 1 aliphatic heterocycles. The van der Waals surface area contributed by atoms with E-state index < -0.39 is 6.29 Å². The summed E-state index contributed by atoms with van der Waals surface area (Å²) in [6.45, 7) is 2.77. The minimum absolute atomic E-state index is 0.00485. The normalized spacial score (nSPS) is 18.1. The Hall–Kier alpha value is -3.21. The van der Waals surface area contributed by atoms with E-state index in [4.69, 9.17) is 9.47 Å². The summed E-state index contributed by atoms with van der Waals surface area (Å²) in [7, 11) is 0. The number of thioether (sulfide) groups is 1. The fraction of sp³-hybridized carbons (Fsp3) is 0.429. The van der Waals surface area contributed by atoms with Crippen molar-refractivity contribution in [3.05, 3.63) is 95.1 Å². The van der Waals surface area contributed by atoms with E-state index in [1.807, 2.05) is 48.5 Å². The maximum absolute atomic E-state index is 12.3. The van der Waals surface area contributed by atoms with Gasteiger partial charge in [-0.15, -0.1) is 0 Å². The quantitative estimate of drug-likeness (QED) is 0.158. The molecule has 3 aromatic carbocycles. The number of ether oxygens (including phenoxy) is 2. The molecule has 3 unspecified atom stereocenters. The first-order valence-corrected chi connectivity index (χ1v) is 16.5. The summed E-state index contributed by atoms with van der Waals surface area (Å²) in [5.74, 6) is 1.44. The zero-order valence-electron chi connectivity index (χ0n) is 25.4. The molecular formula is C35H44N2O6S. The highest BCUT2D eigenvalue weighted by atomic mass is 32.2. The van der Waals surface area contributed by atoms with Crippen LogP contribution >= 0.6 is 11.8 Å². The molecule has 1 fully saturated rings. The van der Waals surface area contributed by atoms with Crippen LogP contribution in [0.1, 0.15) is 73.7 Å². The van der Waals surface area contributed by atoms with Crippen molar-refractivity contribution in [2.75, 3.05) is 24.7 Å². The summed E-state index contributed by atoms with van der Waals surface area (Å²) < 4.78 is 12.8. The van der Waals surface area contributed by atoms with Gasteiger partial charge in [0.15, 0.2) is 6.29 Å². The Morgan fingerprint density at radius 2 is 1.64 bits per heavy atom. The number of hydrogen-bond donors (Lipinski definition) is 4. The third-order valence-corrected chi connectivity index (χ3v) is 8.62. The van der Waals surface area contributed by atoms with E-state index in [0.717, 1.165) is 58.4 Å². The highest BCUT2D eigenvalue weighted by Gasteiger charge is 2.32. The van der Waals surface area contributed by atoms with Gasteiger partial charge in [-0.05, 0) is 46.7 Å². The number of unbranched alkanes of at least 4 members (excludes halogenated alkanes) is 2. The largest absolute Gasteiger partial charge is 0.396 e. The molecule has 1 saturated heterocycles. The number of rotatable bonds is 16. The summed E-state index contributed by atoms with van der Waals surface area (Å²) in [6.07, 6.45) is 3.07. The van der Waals surface area contributed by atoms with Crippen molar-refractivity contribution in [1.82, 2.24) is 10.6 Å². The van der Waals surface area contributed by atoms with E-state index in [1.54, 1.807) is 11.8 Å². The molecule has 0 aromatic heterocycles. The molecule has 8 nitrogen and oxygen atoms in total. The van der Waals surface area contributed by atoms with E-state index in [0.29, 0.717) is 31.7 Å². The Kier molecular flexibility index (Phi) is 13.7. The zero-order valence-corrected chi connectivity index (χ0v) is 26.2. The maximum Gasteiger partial charge on any atom is 0.220 e. The van der Waals surface area contributed by atoms with Gasteiger partial charge in [0, 0.05) is 49.9 Å². The molecule has 3 aromatic rings. The lowest BCUT2D eigenvalue weighted by Gasteiger charge is -2.36. The van der Waals surface area contributed by atoms with Gasteiger partial charge in [-0.25, -0.2) is 0 Å². The second kappa shape index (κ2) is 17.9. The monoisotopic (exact) mass is 620 g/mol. The van der Waals surface area contributed by atoms with Crippen LogP contribution in [0.4, 0.5) is 0 Å². The van der Waals surface area contributed by atoms with Crippen LogP contribution < -0.4 is 10.6 Å². The molecule has 0 spiro atoms. The lowest BCUT2D eigenvalue weighted by atomic mass is 9.99. The van der Waals surface area contributed by atoms with Crippen molar-refractivity contribution in [2.24, 2.45) is 0 Å². The Balaban J connectivity index is 1.34. The summed E-state index contributed by atoms with van der Waals surface area (Å²) in [4.78, 5) is 23.2. The Morgan fingerprint density at radius 1 is 0.864 bits per heavy atom. The molecule has 0 radical (unpaired) electrons. The predicted molar refractivity (Wildman–Crippen MR) is 174 cm³/mol. The van der Waals surface area contributed by atoms with Crippen molar-refractivity contribution < 1.29 is 29.3 Å². The fourth-order valence-corrected chi connectivity index (χ4v) is 5.91. The van der Waals surface area contributed by atoms with Gasteiger partial charge in [-0.2, -0.15) is 11.8 Å². The molecule has 1 aliphatic rings. The fourth-order valence-electron chi connectivity index (χ4n) is 5.14. The summed E-state index contributed by atoms with van der Waals surface area (Å²) in [5, 5.41) is 24.4. The smallest absolute Gasteiger partial charge is 0.220 e. The van der Waals surface area contributed by atoms with E-state index >= 15 is 0 Å². The minimum atomic E-state index is -0.521. The van der Waals surface area contributed by atoms with Crippen LogP contribution in [0.3, 0.4) is 0 Å². The highest BCUT2D eigenvalue weighted by molar-refractivity contribution is 7.99. The van der Waals surface area contributed by atoms with Crippen LogP contribution in [0.25, 0.3) is 11.1 Å². The molecule has 0 aliphatic carbocycles. The van der Waals surface area contributed by atoms with Crippen molar-refractivity contribution in [3.8, 4) is 11.1 Å². The molecule has 3 atom stereocenters. The minimum Gasteiger partial charge on any atom is -0.396 e. The molecule has 0 saturated carbocycles. The van der Waals surface area contributed by atoms with Gasteiger partial charge < -0.3 is 30.3 Å². The molecule has 44 heavy (non-hydrogen) atoms. The highest BCUT2D eigenvalue weighted by Crippen LogP contribution is 2.39. The Bertz CT molecular complexity index is 1320. The van der Waals surface area contributed by atoms with Crippen LogP contribution in [0.5, 0.6) is 0 Å². The van der Waals surface area contributed by atoms with Crippen LogP contribution in [0.15, 0.2) is 72.8 Å². The number of aliphatic hydroxyl groups excluding tert-OH is 2. The maximum atomic E-state index is 12.3. The first kappa shape index (κ1) is 33.7. The van der Waals surface area contributed by atoms with Crippen molar-refractivity contribution >= 4 is 23.6 Å². The molecule has 2 amide bonds. The van der Waals surface area contributed by atoms with Gasteiger partial charge in [-0.3, -0.25) is 9.59 Å². The van der Waals surface area contributed by atoms with Crippen molar-refractivity contribution in [2.45, 2.75) is 70.7 Å². The summed E-state index contributed by atoms with van der Waals surface area (Å²) in [6, 6.07) is 24.2. The molecule has 4 rings (SSSR count). The standard InChI is InChI=1S/C35H44N2O6S/c1-25(40)36-17-4-2-3-8-34(41)37-22-27-6-5-7-31(20-27)28-13-15-30(16-14-28)35-42-32(24-44-19-18-38)21-33(43-35)29-11-9-26(23-39)10-12-29/h5-7,9-16,20,32-33,35,38-39H,2-4,8,17-19,21-24H2,1H3,(H,36,40)(H,37,41). The number of aliphatic hydroxyl groups is 2. The number of hydrogen-bond acceptors (Lipinski definition) is 7. The SMILES string of the molecule is CC(=O)NCCCCCC(=O)NCc1cccc(-c2ccc(C3OC(CSCCO)CC(c4ccc(CO)cc4)O3)cc2)c1. The van der Waals surface area contributed by atoms with Gasteiger partial charge in [0.05, 0.1) is 25.4 Å². The van der Waals surface area contributed by atoms with Gasteiger partial charge in [0.2, 0.25) is 11.8 Å². The molecule has 4 N–H and O–H groups in total. The first-order valence-electron chi connectivity index (χ1n) is 15.3. The van der Waals surface area contributed by atoms with E-state index in [1.165, 1.54) is 6.92 Å². The molecular weight excluding hydrogens is 576 g/mol. The lowest BCUT2D eigenvalue weighted by molar-refractivity contribution is -0.245. The second-order valence-electron chi connectivity index (χ2n) is 11.0. The lowest BCUT2D eigenvalue weighted by Crippen LogP contribution is -2.31. The van der Waals surface area contributed by atoms with Crippen LogP contribution in [-0.2, 0) is 32.2 Å². The number of carbonyl (C=O) groups is 2. The average Bonchev–Trinajstić information content (AvgIpc) is 3.05.